The second kappa shape index (κ2) is 6.93. The van der Waals surface area contributed by atoms with Gasteiger partial charge >= 0.3 is 0 Å². The third-order valence-corrected chi connectivity index (χ3v) is 5.72. The quantitative estimate of drug-likeness (QED) is 0.914. The molecule has 1 aromatic rings. The normalized spacial score (nSPS) is 24.5. The number of carbonyl (C=O) groups excluding carboxylic acids is 2. The van der Waals surface area contributed by atoms with Gasteiger partial charge < -0.3 is 15.5 Å². The maximum atomic E-state index is 12.8. The molecule has 0 aliphatic carbocycles. The van der Waals surface area contributed by atoms with Gasteiger partial charge in [-0.1, -0.05) is 19.1 Å². The molecule has 2 amide bonds. The highest BCUT2D eigenvalue weighted by molar-refractivity contribution is 8.00. The van der Waals surface area contributed by atoms with Crippen molar-refractivity contribution in [3.63, 3.8) is 0 Å². The van der Waals surface area contributed by atoms with Crippen LogP contribution in [0.5, 0.6) is 0 Å². The first kappa shape index (κ1) is 16.3. The van der Waals surface area contributed by atoms with Crippen LogP contribution in [0.4, 0.5) is 5.69 Å². The number of rotatable bonds is 3. The summed E-state index contributed by atoms with van der Waals surface area (Å²) in [6.45, 7) is 3.53. The van der Waals surface area contributed by atoms with Gasteiger partial charge in [0, 0.05) is 24.0 Å². The van der Waals surface area contributed by atoms with E-state index in [2.05, 4.69) is 6.92 Å². The SMILES string of the molecule is CC1CCN(C(=O)CN2C(=O)CSc3ccccc32)C(CN)C1. The van der Waals surface area contributed by atoms with Gasteiger partial charge in [0.2, 0.25) is 11.8 Å². The molecular weight excluding hydrogens is 310 g/mol. The molecular formula is C17H23N3O2S. The Bertz CT molecular complexity index is 607. The minimum Gasteiger partial charge on any atom is -0.337 e. The zero-order valence-corrected chi connectivity index (χ0v) is 14.2. The molecule has 5 nitrogen and oxygen atoms in total. The molecule has 0 saturated carbocycles. The topological polar surface area (TPSA) is 66.6 Å². The average Bonchev–Trinajstić information content (AvgIpc) is 2.57. The lowest BCUT2D eigenvalue weighted by atomic mass is 9.92. The van der Waals surface area contributed by atoms with Crippen molar-refractivity contribution in [3.8, 4) is 0 Å². The van der Waals surface area contributed by atoms with E-state index in [1.165, 1.54) is 11.8 Å². The van der Waals surface area contributed by atoms with Crippen LogP contribution < -0.4 is 10.6 Å². The Morgan fingerprint density at radius 3 is 2.96 bits per heavy atom. The number of amides is 2. The molecule has 2 N–H and O–H groups in total. The van der Waals surface area contributed by atoms with Gasteiger partial charge in [-0.2, -0.15) is 0 Å². The number of hydrogen-bond donors (Lipinski definition) is 1. The number of nitrogens with zero attached hydrogens (tertiary/aromatic N) is 2. The second-order valence-electron chi connectivity index (χ2n) is 6.34. The summed E-state index contributed by atoms with van der Waals surface area (Å²) in [5.41, 5.74) is 6.70. The first-order chi connectivity index (χ1) is 11.1. The number of fused-ring (bicyclic) bond motifs is 1. The summed E-state index contributed by atoms with van der Waals surface area (Å²) < 4.78 is 0. The van der Waals surface area contributed by atoms with Gasteiger partial charge in [-0.3, -0.25) is 9.59 Å². The van der Waals surface area contributed by atoms with E-state index in [0.29, 0.717) is 18.2 Å². The first-order valence-corrected chi connectivity index (χ1v) is 9.10. The summed E-state index contributed by atoms with van der Waals surface area (Å²) in [5, 5.41) is 0. The van der Waals surface area contributed by atoms with Crippen molar-refractivity contribution >= 4 is 29.3 Å². The molecule has 2 aliphatic rings. The van der Waals surface area contributed by atoms with Crippen LogP contribution >= 0.6 is 11.8 Å². The lowest BCUT2D eigenvalue weighted by Gasteiger charge is -2.39. The molecule has 124 valence electrons. The summed E-state index contributed by atoms with van der Waals surface area (Å²) in [6, 6.07) is 7.86. The highest BCUT2D eigenvalue weighted by Crippen LogP contribution is 2.35. The summed E-state index contributed by atoms with van der Waals surface area (Å²) in [7, 11) is 0. The monoisotopic (exact) mass is 333 g/mol. The van der Waals surface area contributed by atoms with Crippen molar-refractivity contribution in [2.45, 2.75) is 30.7 Å². The summed E-state index contributed by atoms with van der Waals surface area (Å²) in [5.74, 6) is 0.988. The summed E-state index contributed by atoms with van der Waals surface area (Å²) >= 11 is 1.53. The lowest BCUT2D eigenvalue weighted by Crippen LogP contribution is -2.53. The average molecular weight is 333 g/mol. The van der Waals surface area contributed by atoms with Crippen LogP contribution in [0.2, 0.25) is 0 Å². The third-order valence-electron chi connectivity index (χ3n) is 4.67. The van der Waals surface area contributed by atoms with Crippen molar-refractivity contribution in [2.24, 2.45) is 11.7 Å². The predicted molar refractivity (Wildman–Crippen MR) is 92.5 cm³/mol. The van der Waals surface area contributed by atoms with E-state index in [1.807, 2.05) is 29.2 Å². The van der Waals surface area contributed by atoms with Crippen LogP contribution in [0.3, 0.4) is 0 Å². The fraction of sp³-hybridized carbons (Fsp3) is 0.529. The number of thioether (sulfide) groups is 1. The van der Waals surface area contributed by atoms with Crippen LogP contribution in [-0.4, -0.2) is 48.1 Å². The molecule has 2 atom stereocenters. The number of carbonyl (C=O) groups is 2. The van der Waals surface area contributed by atoms with Crippen LogP contribution in [-0.2, 0) is 9.59 Å². The fourth-order valence-electron chi connectivity index (χ4n) is 3.36. The molecule has 0 bridgehead atoms. The Balaban J connectivity index is 1.76. The van der Waals surface area contributed by atoms with Crippen molar-refractivity contribution in [3.05, 3.63) is 24.3 Å². The van der Waals surface area contributed by atoms with Crippen molar-refractivity contribution in [1.29, 1.82) is 0 Å². The molecule has 2 unspecified atom stereocenters. The van der Waals surface area contributed by atoms with Crippen molar-refractivity contribution in [2.75, 3.05) is 30.3 Å². The number of likely N-dealkylation sites (tertiary alicyclic amines) is 1. The number of para-hydroxylation sites is 1. The predicted octanol–water partition coefficient (Wildman–Crippen LogP) is 1.71. The standard InChI is InChI=1S/C17H23N3O2S/c1-12-6-7-19(13(8-12)9-18)16(21)10-20-14-4-2-3-5-15(14)23-11-17(20)22/h2-5,12-13H,6-11,18H2,1H3. The zero-order chi connectivity index (χ0) is 16.4. The molecule has 23 heavy (non-hydrogen) atoms. The van der Waals surface area contributed by atoms with Crippen LogP contribution in [0.15, 0.2) is 29.2 Å². The Labute approximate surface area is 141 Å². The summed E-state index contributed by atoms with van der Waals surface area (Å²) in [4.78, 5) is 29.6. The minimum absolute atomic E-state index is 0.00223. The van der Waals surface area contributed by atoms with Gasteiger partial charge in [0.05, 0.1) is 11.4 Å². The van der Waals surface area contributed by atoms with E-state index in [0.717, 1.165) is 30.0 Å². The lowest BCUT2D eigenvalue weighted by molar-refractivity contribution is -0.134. The van der Waals surface area contributed by atoms with Crippen molar-refractivity contribution < 1.29 is 9.59 Å². The van der Waals surface area contributed by atoms with Gasteiger partial charge in [-0.05, 0) is 30.9 Å². The van der Waals surface area contributed by atoms with Crippen LogP contribution in [0.1, 0.15) is 19.8 Å². The van der Waals surface area contributed by atoms with Gasteiger partial charge in [-0.25, -0.2) is 0 Å². The van der Waals surface area contributed by atoms with E-state index in [1.54, 1.807) is 4.90 Å². The largest absolute Gasteiger partial charge is 0.337 e. The van der Waals surface area contributed by atoms with Gasteiger partial charge in [0.25, 0.3) is 0 Å². The van der Waals surface area contributed by atoms with Crippen LogP contribution in [0.25, 0.3) is 0 Å². The first-order valence-electron chi connectivity index (χ1n) is 8.12. The van der Waals surface area contributed by atoms with Crippen LogP contribution in [0, 0.1) is 5.92 Å². The molecule has 2 aliphatic heterocycles. The molecule has 1 aromatic carbocycles. The summed E-state index contributed by atoms with van der Waals surface area (Å²) in [6.07, 6.45) is 1.95. The Morgan fingerprint density at radius 1 is 1.39 bits per heavy atom. The fourth-order valence-corrected chi connectivity index (χ4v) is 4.29. The Kier molecular flexibility index (Phi) is 4.92. The van der Waals surface area contributed by atoms with E-state index in [4.69, 9.17) is 5.73 Å². The molecule has 1 fully saturated rings. The molecule has 6 heteroatoms. The molecule has 0 radical (unpaired) electrons. The van der Waals surface area contributed by atoms with E-state index in [9.17, 15) is 9.59 Å². The number of benzene rings is 1. The smallest absolute Gasteiger partial charge is 0.242 e. The Hall–Kier alpha value is -1.53. The number of hydrogen-bond acceptors (Lipinski definition) is 4. The van der Waals surface area contributed by atoms with E-state index < -0.39 is 0 Å². The maximum absolute atomic E-state index is 12.8. The number of nitrogens with two attached hydrogens (primary N) is 1. The molecule has 1 saturated heterocycles. The molecule has 2 heterocycles. The van der Waals surface area contributed by atoms with E-state index >= 15 is 0 Å². The number of anilines is 1. The van der Waals surface area contributed by atoms with E-state index in [-0.39, 0.29) is 24.4 Å². The minimum atomic E-state index is -0.00303. The zero-order valence-electron chi connectivity index (χ0n) is 13.4. The molecule has 0 aromatic heterocycles. The highest BCUT2D eigenvalue weighted by atomic mass is 32.2. The van der Waals surface area contributed by atoms with Gasteiger partial charge in [0.15, 0.2) is 0 Å². The Morgan fingerprint density at radius 2 is 2.17 bits per heavy atom. The van der Waals surface area contributed by atoms with Gasteiger partial charge in [-0.15, -0.1) is 11.8 Å². The second-order valence-corrected chi connectivity index (χ2v) is 7.36. The highest BCUT2D eigenvalue weighted by Gasteiger charge is 2.32. The third kappa shape index (κ3) is 3.38. The van der Waals surface area contributed by atoms with Crippen molar-refractivity contribution in [1.82, 2.24) is 4.90 Å². The molecule has 0 spiro atoms. The molecule has 3 rings (SSSR count). The number of piperidine rings is 1. The maximum Gasteiger partial charge on any atom is 0.242 e. The van der Waals surface area contributed by atoms with Gasteiger partial charge in [0.1, 0.15) is 6.54 Å².